The Hall–Kier alpha value is -0.0800. The van der Waals surface area contributed by atoms with E-state index in [0.29, 0.717) is 12.1 Å². The van der Waals surface area contributed by atoms with Crippen LogP contribution in [0.2, 0.25) is 0 Å². The molecule has 3 fully saturated rings. The number of fused-ring (bicyclic) bond motifs is 1. The SMILES string of the molecule is CC12CC(CO)(CN1)C2. The van der Waals surface area contributed by atoms with Gasteiger partial charge < -0.3 is 10.4 Å². The van der Waals surface area contributed by atoms with Gasteiger partial charge in [0.05, 0.1) is 6.61 Å². The van der Waals surface area contributed by atoms with Gasteiger partial charge in [0.25, 0.3) is 0 Å². The van der Waals surface area contributed by atoms with Crippen LogP contribution in [-0.4, -0.2) is 23.8 Å². The summed E-state index contributed by atoms with van der Waals surface area (Å²) in [5, 5.41) is 12.3. The summed E-state index contributed by atoms with van der Waals surface area (Å²) in [5.74, 6) is 0. The Bertz CT molecular complexity index is 138. The van der Waals surface area contributed by atoms with Crippen molar-refractivity contribution in [3.63, 3.8) is 0 Å². The number of aliphatic hydroxyl groups excluding tert-OH is 1. The number of aliphatic hydroxyl groups is 1. The minimum absolute atomic E-state index is 0.286. The monoisotopic (exact) mass is 127 g/mol. The van der Waals surface area contributed by atoms with Gasteiger partial charge in [-0.3, -0.25) is 0 Å². The van der Waals surface area contributed by atoms with Crippen molar-refractivity contribution in [3.05, 3.63) is 0 Å². The highest BCUT2D eigenvalue weighted by atomic mass is 16.3. The normalized spacial score (nSPS) is 55.3. The summed E-state index contributed by atoms with van der Waals surface area (Å²) >= 11 is 0. The highest BCUT2D eigenvalue weighted by Gasteiger charge is 2.57. The molecule has 2 aliphatic heterocycles. The molecule has 0 aromatic carbocycles. The Morgan fingerprint density at radius 1 is 1.56 bits per heavy atom. The lowest BCUT2D eigenvalue weighted by Crippen LogP contribution is -2.46. The van der Waals surface area contributed by atoms with Crippen LogP contribution < -0.4 is 5.32 Å². The molecule has 0 aromatic heterocycles. The van der Waals surface area contributed by atoms with Crippen LogP contribution in [0.1, 0.15) is 19.8 Å². The van der Waals surface area contributed by atoms with Crippen LogP contribution >= 0.6 is 0 Å². The molecule has 2 heteroatoms. The largest absolute Gasteiger partial charge is 0.396 e. The second kappa shape index (κ2) is 1.32. The van der Waals surface area contributed by atoms with Crippen molar-refractivity contribution >= 4 is 0 Å². The number of rotatable bonds is 1. The third kappa shape index (κ3) is 0.578. The smallest absolute Gasteiger partial charge is 0.0500 e. The summed E-state index contributed by atoms with van der Waals surface area (Å²) in [5.41, 5.74) is 0.678. The molecule has 2 bridgehead atoms. The maximum absolute atomic E-state index is 8.94. The van der Waals surface area contributed by atoms with E-state index < -0.39 is 0 Å². The van der Waals surface area contributed by atoms with E-state index in [1.54, 1.807) is 0 Å². The highest BCUT2D eigenvalue weighted by Crippen LogP contribution is 2.52. The van der Waals surface area contributed by atoms with Crippen LogP contribution in [0.4, 0.5) is 0 Å². The van der Waals surface area contributed by atoms with Crippen LogP contribution in [0, 0.1) is 5.41 Å². The van der Waals surface area contributed by atoms with E-state index in [-0.39, 0.29) is 5.41 Å². The first-order valence-corrected chi connectivity index (χ1v) is 3.54. The molecule has 3 aliphatic rings. The molecule has 1 aliphatic carbocycles. The van der Waals surface area contributed by atoms with E-state index in [0.717, 1.165) is 6.54 Å². The van der Waals surface area contributed by atoms with Crippen molar-refractivity contribution in [1.29, 1.82) is 0 Å². The Kier molecular flexibility index (Phi) is 0.837. The zero-order chi connectivity index (χ0) is 6.54. The molecule has 0 amide bonds. The van der Waals surface area contributed by atoms with Gasteiger partial charge in [0.15, 0.2) is 0 Å². The predicted octanol–water partition coefficient (Wildman–Crippen LogP) is 0.121. The van der Waals surface area contributed by atoms with Gasteiger partial charge in [0.1, 0.15) is 0 Å². The van der Waals surface area contributed by atoms with Crippen molar-refractivity contribution < 1.29 is 5.11 Å². The molecule has 0 radical (unpaired) electrons. The van der Waals surface area contributed by atoms with Crippen LogP contribution in [-0.2, 0) is 0 Å². The van der Waals surface area contributed by atoms with E-state index in [1.807, 2.05) is 0 Å². The zero-order valence-electron chi connectivity index (χ0n) is 5.78. The van der Waals surface area contributed by atoms with E-state index in [9.17, 15) is 0 Å². The number of hydrogen-bond acceptors (Lipinski definition) is 2. The fourth-order valence-electron chi connectivity index (χ4n) is 2.42. The summed E-state index contributed by atoms with van der Waals surface area (Å²) in [6.07, 6.45) is 2.35. The Labute approximate surface area is 55.3 Å². The minimum atomic E-state index is 0.286. The van der Waals surface area contributed by atoms with Crippen LogP contribution in [0.3, 0.4) is 0 Å². The predicted molar refractivity (Wildman–Crippen MR) is 35.2 cm³/mol. The van der Waals surface area contributed by atoms with Gasteiger partial charge in [0, 0.05) is 17.5 Å². The average Bonchev–Trinajstić information content (AvgIpc) is 2.20. The van der Waals surface area contributed by atoms with Gasteiger partial charge in [-0.25, -0.2) is 0 Å². The summed E-state index contributed by atoms with van der Waals surface area (Å²) in [4.78, 5) is 0. The number of nitrogens with one attached hydrogen (secondary N) is 1. The fraction of sp³-hybridized carbons (Fsp3) is 1.00. The first-order chi connectivity index (χ1) is 4.18. The fourth-order valence-corrected chi connectivity index (χ4v) is 2.42. The summed E-state index contributed by atoms with van der Waals surface area (Å²) in [6.45, 7) is 3.63. The Balaban J connectivity index is 2.12. The molecule has 0 unspecified atom stereocenters. The molecular weight excluding hydrogens is 114 g/mol. The quantitative estimate of drug-likeness (QED) is 0.524. The second-order valence-electron chi connectivity index (χ2n) is 3.93. The van der Waals surface area contributed by atoms with Crippen molar-refractivity contribution in [2.45, 2.75) is 25.3 Å². The highest BCUT2D eigenvalue weighted by molar-refractivity contribution is 5.14. The van der Waals surface area contributed by atoms with Gasteiger partial charge in [-0.1, -0.05) is 0 Å². The standard InChI is InChI=1S/C7H13NO/c1-6-2-7(3-6,5-9)4-8-6/h8-9H,2-5H2,1H3. The average molecular weight is 127 g/mol. The topological polar surface area (TPSA) is 32.3 Å². The van der Waals surface area contributed by atoms with Crippen LogP contribution in [0.25, 0.3) is 0 Å². The van der Waals surface area contributed by atoms with Crippen molar-refractivity contribution in [1.82, 2.24) is 5.32 Å². The van der Waals surface area contributed by atoms with Gasteiger partial charge in [-0.05, 0) is 19.8 Å². The first kappa shape index (κ1) is 5.69. The van der Waals surface area contributed by atoms with Crippen molar-refractivity contribution in [2.24, 2.45) is 5.41 Å². The molecule has 2 heterocycles. The maximum atomic E-state index is 8.94. The molecule has 2 saturated heterocycles. The van der Waals surface area contributed by atoms with Crippen LogP contribution in [0.5, 0.6) is 0 Å². The summed E-state index contributed by atoms with van der Waals surface area (Å²) in [7, 11) is 0. The van der Waals surface area contributed by atoms with Gasteiger partial charge in [-0.15, -0.1) is 0 Å². The summed E-state index contributed by atoms with van der Waals surface area (Å²) < 4.78 is 0. The lowest BCUT2D eigenvalue weighted by Gasteiger charge is -2.42. The third-order valence-corrected chi connectivity index (χ3v) is 2.76. The maximum Gasteiger partial charge on any atom is 0.0500 e. The molecule has 52 valence electrons. The molecule has 2 N–H and O–H groups in total. The molecular formula is C7H13NO. The van der Waals surface area contributed by atoms with E-state index >= 15 is 0 Å². The van der Waals surface area contributed by atoms with Crippen molar-refractivity contribution in [2.75, 3.05) is 13.2 Å². The first-order valence-electron chi connectivity index (χ1n) is 3.54. The molecule has 0 atom stereocenters. The Morgan fingerprint density at radius 2 is 2.22 bits per heavy atom. The van der Waals surface area contributed by atoms with E-state index in [1.165, 1.54) is 12.8 Å². The number of hydrogen-bond donors (Lipinski definition) is 2. The van der Waals surface area contributed by atoms with Crippen LogP contribution in [0.15, 0.2) is 0 Å². The lowest BCUT2D eigenvalue weighted by molar-refractivity contribution is 0.0510. The van der Waals surface area contributed by atoms with E-state index in [4.69, 9.17) is 5.11 Å². The lowest BCUT2D eigenvalue weighted by atomic mass is 9.63. The minimum Gasteiger partial charge on any atom is -0.396 e. The molecule has 1 saturated carbocycles. The summed E-state index contributed by atoms with van der Waals surface area (Å²) in [6, 6.07) is 0. The van der Waals surface area contributed by atoms with Gasteiger partial charge >= 0.3 is 0 Å². The second-order valence-corrected chi connectivity index (χ2v) is 3.93. The van der Waals surface area contributed by atoms with E-state index in [2.05, 4.69) is 12.2 Å². The third-order valence-electron chi connectivity index (χ3n) is 2.76. The molecule has 9 heavy (non-hydrogen) atoms. The van der Waals surface area contributed by atoms with Gasteiger partial charge in [-0.2, -0.15) is 0 Å². The molecule has 0 aromatic rings. The zero-order valence-corrected chi connectivity index (χ0v) is 5.78. The molecule has 0 spiro atoms. The van der Waals surface area contributed by atoms with Gasteiger partial charge in [0.2, 0.25) is 0 Å². The molecule has 2 nitrogen and oxygen atoms in total. The van der Waals surface area contributed by atoms with Crippen molar-refractivity contribution in [3.8, 4) is 0 Å². The molecule has 3 rings (SSSR count). The Morgan fingerprint density at radius 3 is 2.44 bits per heavy atom.